The summed E-state index contributed by atoms with van der Waals surface area (Å²) in [5.74, 6) is -0.526. The van der Waals surface area contributed by atoms with Crippen LogP contribution >= 0.6 is 0 Å². The molecule has 0 spiro atoms. The molecule has 0 aromatic rings. The van der Waals surface area contributed by atoms with Crippen molar-refractivity contribution in [2.45, 2.75) is 19.9 Å². The molecule has 2 N–H and O–H groups in total. The van der Waals surface area contributed by atoms with Crippen LogP contribution in [-0.2, 0) is 9.59 Å². The number of amides is 1. The van der Waals surface area contributed by atoms with Crippen molar-refractivity contribution in [1.29, 1.82) is 0 Å². The Morgan fingerprint density at radius 2 is 2.08 bits per heavy atom. The summed E-state index contributed by atoms with van der Waals surface area (Å²) in [6.07, 6.45) is 2.71. The molecular weight excluding hydrogens is 169 g/mol. The Balaban J connectivity index is 0. The largest absolute Gasteiger partial charge is 1.00 e. The maximum absolute atomic E-state index is 10.8. The van der Waals surface area contributed by atoms with E-state index >= 15 is 0 Å². The van der Waals surface area contributed by atoms with Crippen molar-refractivity contribution < 1.29 is 44.6 Å². The van der Waals surface area contributed by atoms with Gasteiger partial charge in [0.2, 0.25) is 0 Å². The monoisotopic (exact) mass is 178 g/mol. The third-order valence-corrected chi connectivity index (χ3v) is 1.29. The molecule has 0 bridgehead atoms. The maximum Gasteiger partial charge on any atom is 1.00 e. The van der Waals surface area contributed by atoms with E-state index in [4.69, 9.17) is 0 Å². The Hall–Kier alpha value is -0.160. The van der Waals surface area contributed by atoms with Crippen LogP contribution in [0.3, 0.4) is 0 Å². The molecule has 62 valence electrons. The van der Waals surface area contributed by atoms with Crippen LogP contribution in [0.2, 0.25) is 0 Å². The van der Waals surface area contributed by atoms with E-state index < -0.39 is 0 Å². The molecule has 1 amide bonds. The summed E-state index contributed by atoms with van der Waals surface area (Å²) in [7, 11) is 0. The standard InChI is InChI=1S/C7H8NO2.Na.H2O/c1-4-3-6(5(2)9)7(10)8-4;;/h4H,1-2H3,(H,8,10);;1H2/q-1;+1;/p-1. The first-order valence-corrected chi connectivity index (χ1v) is 3.06. The molecule has 4 nitrogen and oxygen atoms in total. The summed E-state index contributed by atoms with van der Waals surface area (Å²) < 4.78 is 0. The molecule has 0 radical (unpaired) electrons. The van der Waals surface area contributed by atoms with Gasteiger partial charge < -0.3 is 20.4 Å². The fourth-order valence-corrected chi connectivity index (χ4v) is 0.848. The number of carbonyl (C=O) groups excluding carboxylic acids is 2. The minimum atomic E-state index is -0.306. The molecular formula is C7H9NNaO3-. The summed E-state index contributed by atoms with van der Waals surface area (Å²) in [4.78, 5) is 21.4. The molecule has 0 saturated heterocycles. The minimum absolute atomic E-state index is 0. The van der Waals surface area contributed by atoms with Crippen LogP contribution in [0.25, 0.3) is 0 Å². The minimum Gasteiger partial charge on any atom is -0.870 e. The van der Waals surface area contributed by atoms with Crippen molar-refractivity contribution in [3.05, 3.63) is 11.6 Å². The fourth-order valence-electron chi connectivity index (χ4n) is 0.848. The van der Waals surface area contributed by atoms with Crippen LogP contribution in [-0.4, -0.2) is 23.2 Å². The van der Waals surface area contributed by atoms with E-state index in [2.05, 4.69) is 11.4 Å². The molecule has 0 aromatic carbocycles. The molecule has 0 aromatic heterocycles. The second-order valence-corrected chi connectivity index (χ2v) is 2.27. The Labute approximate surface area is 93.0 Å². The number of carbonyl (C=O) groups is 2. The molecule has 0 aliphatic carbocycles. The molecule has 1 rings (SSSR count). The average molecular weight is 178 g/mol. The van der Waals surface area contributed by atoms with Gasteiger partial charge in [0.25, 0.3) is 0 Å². The van der Waals surface area contributed by atoms with Crippen LogP contribution in [0.5, 0.6) is 0 Å². The summed E-state index contributed by atoms with van der Waals surface area (Å²) in [6.45, 7) is 3.13. The molecule has 1 aliphatic heterocycles. The van der Waals surface area contributed by atoms with Crippen molar-refractivity contribution in [3.63, 3.8) is 0 Å². The predicted molar refractivity (Wildman–Crippen MR) is 37.0 cm³/mol. The number of rotatable bonds is 1. The SMILES string of the molecule is CC(=O)C1=[C-]C(C)NC1=O.[Na+].[OH-]. The van der Waals surface area contributed by atoms with Crippen LogP contribution in [0, 0.1) is 6.08 Å². The Morgan fingerprint density at radius 1 is 1.58 bits per heavy atom. The first-order chi connectivity index (χ1) is 4.61. The van der Waals surface area contributed by atoms with Gasteiger partial charge in [-0.25, -0.2) is 0 Å². The van der Waals surface area contributed by atoms with Crippen LogP contribution in [0.1, 0.15) is 13.8 Å². The summed E-state index contributed by atoms with van der Waals surface area (Å²) in [5, 5.41) is 2.54. The van der Waals surface area contributed by atoms with Crippen molar-refractivity contribution in [2.24, 2.45) is 0 Å². The predicted octanol–water partition coefficient (Wildman–Crippen LogP) is -3.35. The van der Waals surface area contributed by atoms with Gasteiger partial charge in [0.05, 0.1) is 5.78 Å². The van der Waals surface area contributed by atoms with E-state index in [1.165, 1.54) is 6.92 Å². The van der Waals surface area contributed by atoms with Gasteiger partial charge in [-0.15, -0.1) is 0 Å². The Morgan fingerprint density at radius 3 is 2.25 bits per heavy atom. The molecule has 12 heavy (non-hydrogen) atoms. The smallest absolute Gasteiger partial charge is 0.870 e. The average Bonchev–Trinajstić information content (AvgIpc) is 2.10. The van der Waals surface area contributed by atoms with Gasteiger partial charge in [-0.1, -0.05) is 12.5 Å². The van der Waals surface area contributed by atoms with Crippen LogP contribution in [0.4, 0.5) is 0 Å². The Bertz CT molecular complexity index is 225. The number of ketones is 1. The maximum atomic E-state index is 10.8. The molecule has 0 fully saturated rings. The summed E-state index contributed by atoms with van der Waals surface area (Å²) in [5.41, 5.74) is 0.160. The van der Waals surface area contributed by atoms with Gasteiger partial charge in [-0.05, 0) is 13.0 Å². The van der Waals surface area contributed by atoms with Crippen molar-refractivity contribution in [2.75, 3.05) is 0 Å². The van der Waals surface area contributed by atoms with Gasteiger partial charge in [0.1, 0.15) is 5.91 Å². The topological polar surface area (TPSA) is 76.2 Å². The third kappa shape index (κ3) is 3.06. The zero-order valence-corrected chi connectivity index (χ0v) is 9.34. The van der Waals surface area contributed by atoms with E-state index in [0.717, 1.165) is 0 Å². The first-order valence-electron chi connectivity index (χ1n) is 3.06. The Kier molecular flexibility index (Phi) is 6.56. The second kappa shape index (κ2) is 5.48. The van der Waals surface area contributed by atoms with E-state index in [0.29, 0.717) is 0 Å². The van der Waals surface area contributed by atoms with E-state index in [-0.39, 0.29) is 58.3 Å². The van der Waals surface area contributed by atoms with Crippen molar-refractivity contribution in [1.82, 2.24) is 5.32 Å². The zero-order valence-electron chi connectivity index (χ0n) is 7.34. The van der Waals surface area contributed by atoms with Gasteiger partial charge in [0.15, 0.2) is 0 Å². The molecule has 5 heteroatoms. The van der Waals surface area contributed by atoms with Crippen LogP contribution in [0.15, 0.2) is 5.57 Å². The number of hydrogen-bond acceptors (Lipinski definition) is 3. The number of nitrogens with one attached hydrogen (secondary N) is 1. The zero-order chi connectivity index (χ0) is 7.72. The van der Waals surface area contributed by atoms with E-state index in [1.54, 1.807) is 6.92 Å². The first kappa shape index (κ1) is 14.4. The molecule has 1 unspecified atom stereocenters. The summed E-state index contributed by atoms with van der Waals surface area (Å²) >= 11 is 0. The molecule has 1 aliphatic rings. The second-order valence-electron chi connectivity index (χ2n) is 2.27. The van der Waals surface area contributed by atoms with Gasteiger partial charge in [-0.2, -0.15) is 6.08 Å². The fraction of sp³-hybridized carbons (Fsp3) is 0.429. The van der Waals surface area contributed by atoms with Gasteiger partial charge in [-0.3, -0.25) is 0 Å². The van der Waals surface area contributed by atoms with Gasteiger partial charge >= 0.3 is 29.6 Å². The molecule has 1 heterocycles. The molecule has 1 atom stereocenters. The normalized spacial score (nSPS) is 20.0. The quantitative estimate of drug-likeness (QED) is 0.259. The third-order valence-electron chi connectivity index (χ3n) is 1.29. The number of hydrogen-bond donors (Lipinski definition) is 1. The molecule has 0 saturated carbocycles. The van der Waals surface area contributed by atoms with Crippen molar-refractivity contribution >= 4 is 11.7 Å². The van der Waals surface area contributed by atoms with Crippen LogP contribution < -0.4 is 34.9 Å². The van der Waals surface area contributed by atoms with E-state index in [1.807, 2.05) is 0 Å². The van der Waals surface area contributed by atoms with E-state index in [9.17, 15) is 9.59 Å². The van der Waals surface area contributed by atoms with Crippen molar-refractivity contribution in [3.8, 4) is 0 Å². The summed E-state index contributed by atoms with van der Waals surface area (Å²) in [6, 6.07) is -0.119. The number of Topliss-reactive ketones (excluding diaryl/α,β-unsaturated/α-hetero) is 1. The van der Waals surface area contributed by atoms with Gasteiger partial charge in [0, 0.05) is 0 Å².